The van der Waals surface area contributed by atoms with Crippen molar-refractivity contribution >= 4 is 38.0 Å². The first-order chi connectivity index (χ1) is 13.1. The molecule has 0 atom stereocenters. The fourth-order valence-electron chi connectivity index (χ4n) is 3.21. The summed E-state index contributed by atoms with van der Waals surface area (Å²) in [5.74, 6) is 0. The van der Waals surface area contributed by atoms with Crippen molar-refractivity contribution < 1.29 is 0 Å². The topological polar surface area (TPSA) is 38.9 Å². The number of rotatable bonds is 3. The summed E-state index contributed by atoms with van der Waals surface area (Å²) in [7, 11) is 0. The van der Waals surface area contributed by atoms with Gasteiger partial charge in [-0.1, -0.05) is 82.7 Å². The van der Waals surface area contributed by atoms with Crippen LogP contribution >= 0.6 is 15.9 Å². The van der Waals surface area contributed by atoms with Crippen molar-refractivity contribution in [3.8, 4) is 11.3 Å². The number of allylic oxidation sites excluding steroid dienone is 1. The minimum atomic E-state index is 0.741. The molecule has 27 heavy (non-hydrogen) atoms. The Kier molecular flexibility index (Phi) is 4.78. The Morgan fingerprint density at radius 3 is 2.26 bits per heavy atom. The van der Waals surface area contributed by atoms with E-state index in [-0.39, 0.29) is 0 Å². The van der Waals surface area contributed by atoms with Crippen LogP contribution < -0.4 is 5.73 Å². The van der Waals surface area contributed by atoms with Gasteiger partial charge in [-0.3, -0.25) is 0 Å². The zero-order valence-electron chi connectivity index (χ0n) is 15.0. The van der Waals surface area contributed by atoms with Crippen LogP contribution in [0.4, 0.5) is 0 Å². The van der Waals surface area contributed by atoms with Crippen molar-refractivity contribution in [3.63, 3.8) is 0 Å². The van der Waals surface area contributed by atoms with Crippen LogP contribution in [0.5, 0.6) is 0 Å². The number of nitrogens with two attached hydrogens (primary N) is 1. The second-order valence-corrected chi connectivity index (χ2v) is 7.40. The number of fused-ring (bicyclic) bond motifs is 1. The van der Waals surface area contributed by atoms with Crippen LogP contribution in [0.1, 0.15) is 18.2 Å². The highest BCUT2D eigenvalue weighted by Gasteiger charge is 2.12. The van der Waals surface area contributed by atoms with Crippen molar-refractivity contribution in [2.24, 2.45) is 5.73 Å². The van der Waals surface area contributed by atoms with E-state index < -0.39 is 0 Å². The lowest BCUT2D eigenvalue weighted by atomic mass is 9.99. The van der Waals surface area contributed by atoms with Gasteiger partial charge in [-0.15, -0.1) is 0 Å². The lowest BCUT2D eigenvalue weighted by Crippen LogP contribution is -2.02. The Bertz CT molecular complexity index is 1130. The lowest BCUT2D eigenvalue weighted by molar-refractivity contribution is 1.29. The monoisotopic (exact) mass is 414 g/mol. The lowest BCUT2D eigenvalue weighted by Gasteiger charge is -2.13. The third-order valence-corrected chi connectivity index (χ3v) is 5.25. The summed E-state index contributed by atoms with van der Waals surface area (Å²) in [5.41, 5.74) is 12.2. The van der Waals surface area contributed by atoms with E-state index in [4.69, 9.17) is 10.7 Å². The summed E-state index contributed by atoms with van der Waals surface area (Å²) >= 11 is 3.48. The second-order valence-electron chi connectivity index (χ2n) is 6.49. The maximum Gasteiger partial charge on any atom is 0.0765 e. The first-order valence-electron chi connectivity index (χ1n) is 8.81. The fourth-order valence-corrected chi connectivity index (χ4v) is 3.48. The smallest absolute Gasteiger partial charge is 0.0765 e. The first kappa shape index (κ1) is 17.5. The highest BCUT2D eigenvalue weighted by atomic mass is 79.9. The van der Waals surface area contributed by atoms with Crippen LogP contribution in [0.15, 0.2) is 89.4 Å². The Balaban J connectivity index is 1.94. The van der Waals surface area contributed by atoms with E-state index in [9.17, 15) is 0 Å². The molecular formula is C24H19BrN2. The summed E-state index contributed by atoms with van der Waals surface area (Å²) in [5, 5.41) is 2.26. The van der Waals surface area contributed by atoms with Crippen LogP contribution in [0.2, 0.25) is 0 Å². The number of benzene rings is 3. The average molecular weight is 415 g/mol. The number of aromatic nitrogens is 1. The second kappa shape index (κ2) is 7.37. The van der Waals surface area contributed by atoms with E-state index >= 15 is 0 Å². The maximum atomic E-state index is 6.52. The Morgan fingerprint density at radius 1 is 0.852 bits per heavy atom. The molecule has 1 heterocycles. The van der Waals surface area contributed by atoms with Crippen molar-refractivity contribution in [2.45, 2.75) is 6.92 Å². The van der Waals surface area contributed by atoms with Gasteiger partial charge in [0.2, 0.25) is 0 Å². The predicted molar refractivity (Wildman–Crippen MR) is 118 cm³/mol. The molecule has 4 rings (SSSR count). The largest absolute Gasteiger partial charge is 0.398 e. The van der Waals surface area contributed by atoms with Crippen molar-refractivity contribution in [3.05, 3.63) is 101 Å². The van der Waals surface area contributed by atoms with Gasteiger partial charge >= 0.3 is 0 Å². The van der Waals surface area contributed by atoms with Gasteiger partial charge in [0, 0.05) is 21.1 Å². The fraction of sp³-hybridized carbons (Fsp3) is 0.0417. The molecule has 0 fully saturated rings. The van der Waals surface area contributed by atoms with Gasteiger partial charge in [0.15, 0.2) is 0 Å². The van der Waals surface area contributed by atoms with Gasteiger partial charge in [0.1, 0.15) is 0 Å². The molecule has 2 nitrogen and oxygen atoms in total. The molecular weight excluding hydrogens is 396 g/mol. The Hall–Kier alpha value is -2.91. The zero-order valence-corrected chi connectivity index (χ0v) is 16.6. The molecule has 0 spiro atoms. The number of halogens is 1. The van der Waals surface area contributed by atoms with Crippen LogP contribution in [-0.2, 0) is 0 Å². The van der Waals surface area contributed by atoms with Crippen LogP contribution in [0, 0.1) is 0 Å². The number of hydrogen-bond donors (Lipinski definition) is 1. The van der Waals surface area contributed by atoms with E-state index in [1.807, 2.05) is 55.5 Å². The van der Waals surface area contributed by atoms with E-state index in [2.05, 4.69) is 52.3 Å². The average Bonchev–Trinajstić information content (AvgIpc) is 2.73. The normalized spacial score (nSPS) is 12.1. The van der Waals surface area contributed by atoms with Crippen LogP contribution in [-0.4, -0.2) is 4.98 Å². The minimum Gasteiger partial charge on any atom is -0.398 e. The van der Waals surface area contributed by atoms with Gasteiger partial charge in [-0.25, -0.2) is 4.98 Å². The van der Waals surface area contributed by atoms with Gasteiger partial charge < -0.3 is 5.73 Å². The van der Waals surface area contributed by atoms with Gasteiger partial charge in [0.05, 0.1) is 11.4 Å². The molecule has 3 heteroatoms. The minimum absolute atomic E-state index is 0.741. The molecule has 2 N–H and O–H groups in total. The third kappa shape index (κ3) is 3.51. The standard InChI is InChI=1S/C24H19BrN2/c1-16(23(26)18-11-13-20(25)14-12-18)24-21-10-6-5-9-19(21)15-22(27-24)17-7-3-2-4-8-17/h2-15H,26H2,1H3. The summed E-state index contributed by atoms with van der Waals surface area (Å²) in [6, 6.07) is 28.7. The molecule has 4 aromatic rings. The molecule has 0 aliphatic rings. The molecule has 0 saturated carbocycles. The molecule has 0 unspecified atom stereocenters. The van der Waals surface area contributed by atoms with E-state index in [1.54, 1.807) is 0 Å². The predicted octanol–water partition coefficient (Wildman–Crippen LogP) is 6.51. The molecule has 0 aliphatic carbocycles. The Labute approximate surface area is 167 Å². The third-order valence-electron chi connectivity index (χ3n) is 4.72. The molecule has 132 valence electrons. The van der Waals surface area contributed by atoms with E-state index in [1.165, 1.54) is 0 Å². The van der Waals surface area contributed by atoms with Crippen LogP contribution in [0.25, 0.3) is 33.3 Å². The van der Waals surface area contributed by atoms with Gasteiger partial charge in [-0.2, -0.15) is 0 Å². The maximum absolute atomic E-state index is 6.52. The summed E-state index contributed by atoms with van der Waals surface area (Å²) < 4.78 is 1.03. The van der Waals surface area contributed by atoms with Crippen molar-refractivity contribution in [2.75, 3.05) is 0 Å². The number of nitrogens with zero attached hydrogens (tertiary/aromatic N) is 1. The molecule has 0 radical (unpaired) electrons. The van der Waals surface area contributed by atoms with Crippen LogP contribution in [0.3, 0.4) is 0 Å². The quantitative estimate of drug-likeness (QED) is 0.414. The van der Waals surface area contributed by atoms with E-state index in [0.717, 1.165) is 49.0 Å². The summed E-state index contributed by atoms with van der Waals surface area (Å²) in [6.45, 7) is 2.04. The molecule has 0 saturated heterocycles. The molecule has 0 amide bonds. The number of hydrogen-bond acceptors (Lipinski definition) is 2. The van der Waals surface area contributed by atoms with Gasteiger partial charge in [-0.05, 0) is 41.6 Å². The van der Waals surface area contributed by atoms with Crippen molar-refractivity contribution in [1.82, 2.24) is 4.98 Å². The van der Waals surface area contributed by atoms with Crippen molar-refractivity contribution in [1.29, 1.82) is 0 Å². The molecule has 3 aromatic carbocycles. The Morgan fingerprint density at radius 2 is 1.52 bits per heavy atom. The number of pyridine rings is 1. The summed E-state index contributed by atoms with van der Waals surface area (Å²) in [4.78, 5) is 4.99. The molecule has 0 bridgehead atoms. The summed E-state index contributed by atoms with van der Waals surface area (Å²) in [6.07, 6.45) is 0. The highest BCUT2D eigenvalue weighted by Crippen LogP contribution is 2.31. The molecule has 0 aliphatic heterocycles. The first-order valence-corrected chi connectivity index (χ1v) is 9.60. The zero-order chi connectivity index (χ0) is 18.8. The van der Waals surface area contributed by atoms with E-state index in [0.29, 0.717) is 0 Å². The molecule has 1 aromatic heterocycles. The highest BCUT2D eigenvalue weighted by molar-refractivity contribution is 9.10. The van der Waals surface area contributed by atoms with Gasteiger partial charge in [0.25, 0.3) is 0 Å². The SMILES string of the molecule is CC(=C(N)c1ccc(Br)cc1)c1nc(-c2ccccc2)cc2ccccc12.